The van der Waals surface area contributed by atoms with Crippen LogP contribution in [0.1, 0.15) is 31.7 Å². The Labute approximate surface area is 114 Å². The van der Waals surface area contributed by atoms with Crippen molar-refractivity contribution in [3.8, 4) is 0 Å². The molecule has 0 heterocycles. The van der Waals surface area contributed by atoms with Crippen molar-refractivity contribution in [2.75, 3.05) is 11.9 Å². The Morgan fingerprint density at radius 1 is 1.35 bits per heavy atom. The number of halogens is 1. The van der Waals surface area contributed by atoms with Gasteiger partial charge in [0.25, 0.3) is 0 Å². The first-order chi connectivity index (χ1) is 8.13. The predicted molar refractivity (Wildman–Crippen MR) is 79.9 cm³/mol. The van der Waals surface area contributed by atoms with Gasteiger partial charge in [-0.3, -0.25) is 0 Å². The average molecular weight is 271 g/mol. The molecule has 0 saturated heterocycles. The first-order valence-corrected chi connectivity index (χ1v) is 6.73. The number of hydrogen-bond acceptors (Lipinski definition) is 1. The van der Waals surface area contributed by atoms with E-state index in [1.165, 1.54) is 12.8 Å². The fraction of sp³-hybridized carbons (Fsp3) is 0.462. The second-order valence-corrected chi connectivity index (χ2v) is 4.89. The van der Waals surface area contributed by atoms with E-state index in [1.54, 1.807) is 0 Å². The Hall–Kier alpha value is -0.800. The first kappa shape index (κ1) is 14.3. The van der Waals surface area contributed by atoms with Gasteiger partial charge < -0.3 is 10.6 Å². The van der Waals surface area contributed by atoms with Gasteiger partial charge in [0.1, 0.15) is 0 Å². The van der Waals surface area contributed by atoms with Crippen LogP contribution in [0.15, 0.2) is 18.2 Å². The molecule has 94 valence electrons. The number of benzene rings is 1. The highest BCUT2D eigenvalue weighted by Crippen LogP contribution is 2.19. The van der Waals surface area contributed by atoms with E-state index in [-0.39, 0.29) is 0 Å². The summed E-state index contributed by atoms with van der Waals surface area (Å²) in [5.41, 5.74) is 2.09. The molecule has 1 aromatic rings. The monoisotopic (exact) mass is 270 g/mol. The number of anilines is 1. The van der Waals surface area contributed by atoms with E-state index in [4.69, 9.17) is 23.8 Å². The van der Waals surface area contributed by atoms with Crippen molar-refractivity contribution in [1.82, 2.24) is 5.32 Å². The molecule has 0 bridgehead atoms. The molecule has 17 heavy (non-hydrogen) atoms. The quantitative estimate of drug-likeness (QED) is 0.622. The van der Waals surface area contributed by atoms with E-state index in [0.717, 1.165) is 29.2 Å². The van der Waals surface area contributed by atoms with Crippen molar-refractivity contribution < 1.29 is 0 Å². The number of hydrogen-bond donors (Lipinski definition) is 2. The molecule has 0 saturated carbocycles. The Morgan fingerprint density at radius 2 is 2.12 bits per heavy atom. The van der Waals surface area contributed by atoms with Crippen molar-refractivity contribution in [2.24, 2.45) is 0 Å². The predicted octanol–water partition coefficient (Wildman–Crippen LogP) is 4.13. The maximum Gasteiger partial charge on any atom is 0.170 e. The van der Waals surface area contributed by atoms with Crippen molar-refractivity contribution in [1.29, 1.82) is 0 Å². The average Bonchev–Trinajstić information content (AvgIpc) is 2.28. The fourth-order valence-corrected chi connectivity index (χ4v) is 1.95. The third-order valence-corrected chi connectivity index (χ3v) is 2.98. The van der Waals surface area contributed by atoms with Crippen LogP contribution in [0.25, 0.3) is 0 Å². The van der Waals surface area contributed by atoms with E-state index in [1.807, 2.05) is 25.1 Å². The maximum atomic E-state index is 5.90. The van der Waals surface area contributed by atoms with Gasteiger partial charge in [-0.1, -0.05) is 31.4 Å². The zero-order valence-corrected chi connectivity index (χ0v) is 11.9. The Bertz CT molecular complexity index is 380. The molecular formula is C13H19ClN2S. The summed E-state index contributed by atoms with van der Waals surface area (Å²) in [6.07, 6.45) is 3.60. The Morgan fingerprint density at radius 3 is 2.76 bits per heavy atom. The molecule has 0 fully saturated rings. The summed E-state index contributed by atoms with van der Waals surface area (Å²) in [6.45, 7) is 5.12. The minimum absolute atomic E-state index is 0.673. The van der Waals surface area contributed by atoms with Crippen LogP contribution in [0.3, 0.4) is 0 Å². The van der Waals surface area contributed by atoms with Crippen LogP contribution in [0.4, 0.5) is 5.69 Å². The summed E-state index contributed by atoms with van der Waals surface area (Å²) >= 11 is 11.1. The standard InChI is InChI=1S/C13H19ClN2S/c1-3-4-5-8-15-13(17)16-12-7-6-11(14)9-10(12)2/h6-7,9H,3-5,8H2,1-2H3,(H2,15,16,17). The maximum absolute atomic E-state index is 5.90. The van der Waals surface area contributed by atoms with Gasteiger partial charge in [-0.25, -0.2) is 0 Å². The Balaban J connectivity index is 2.40. The lowest BCUT2D eigenvalue weighted by Gasteiger charge is -2.12. The molecule has 0 aliphatic carbocycles. The normalized spacial score (nSPS) is 10.1. The number of unbranched alkanes of at least 4 members (excludes halogenated alkanes) is 2. The highest BCUT2D eigenvalue weighted by atomic mass is 35.5. The van der Waals surface area contributed by atoms with Crippen molar-refractivity contribution in [2.45, 2.75) is 33.1 Å². The van der Waals surface area contributed by atoms with Gasteiger partial charge in [-0.2, -0.15) is 0 Å². The van der Waals surface area contributed by atoms with Crippen LogP contribution < -0.4 is 10.6 Å². The molecule has 0 radical (unpaired) electrons. The van der Waals surface area contributed by atoms with E-state index in [2.05, 4.69) is 17.6 Å². The smallest absolute Gasteiger partial charge is 0.170 e. The fourth-order valence-electron chi connectivity index (χ4n) is 1.51. The van der Waals surface area contributed by atoms with Crippen LogP contribution in [-0.4, -0.2) is 11.7 Å². The van der Waals surface area contributed by atoms with Crippen LogP contribution in [0, 0.1) is 6.92 Å². The Kier molecular flexibility index (Phi) is 6.30. The first-order valence-electron chi connectivity index (χ1n) is 5.94. The molecule has 0 aliphatic heterocycles. The second-order valence-electron chi connectivity index (χ2n) is 4.05. The molecule has 1 rings (SSSR count). The van der Waals surface area contributed by atoms with E-state index < -0.39 is 0 Å². The van der Waals surface area contributed by atoms with Gasteiger partial charge >= 0.3 is 0 Å². The lowest BCUT2D eigenvalue weighted by Crippen LogP contribution is -2.29. The lowest BCUT2D eigenvalue weighted by atomic mass is 10.2. The number of aryl methyl sites for hydroxylation is 1. The largest absolute Gasteiger partial charge is 0.362 e. The lowest BCUT2D eigenvalue weighted by molar-refractivity contribution is 0.698. The summed E-state index contributed by atoms with van der Waals surface area (Å²) in [5.74, 6) is 0. The highest BCUT2D eigenvalue weighted by molar-refractivity contribution is 7.80. The second kappa shape index (κ2) is 7.51. The third-order valence-electron chi connectivity index (χ3n) is 2.50. The SMILES string of the molecule is CCCCCNC(=S)Nc1ccc(Cl)cc1C. The van der Waals surface area contributed by atoms with Gasteiger partial charge in [0.2, 0.25) is 0 Å². The van der Waals surface area contributed by atoms with E-state index in [0.29, 0.717) is 5.11 Å². The minimum Gasteiger partial charge on any atom is -0.362 e. The van der Waals surface area contributed by atoms with Crippen LogP contribution >= 0.6 is 23.8 Å². The molecular weight excluding hydrogens is 252 g/mol. The summed E-state index contributed by atoms with van der Waals surface area (Å²) < 4.78 is 0. The molecule has 2 N–H and O–H groups in total. The summed E-state index contributed by atoms with van der Waals surface area (Å²) in [5, 5.41) is 7.79. The molecule has 4 heteroatoms. The number of thiocarbonyl (C=S) groups is 1. The van der Waals surface area contributed by atoms with Crippen LogP contribution in [0.2, 0.25) is 5.02 Å². The van der Waals surface area contributed by atoms with Crippen molar-refractivity contribution in [3.05, 3.63) is 28.8 Å². The van der Waals surface area contributed by atoms with Gasteiger partial charge in [0.05, 0.1) is 0 Å². The van der Waals surface area contributed by atoms with E-state index >= 15 is 0 Å². The molecule has 0 aliphatic rings. The highest BCUT2D eigenvalue weighted by Gasteiger charge is 2.01. The molecule has 0 spiro atoms. The van der Waals surface area contributed by atoms with Gasteiger partial charge in [-0.05, 0) is 49.3 Å². The zero-order valence-electron chi connectivity index (χ0n) is 10.3. The van der Waals surface area contributed by atoms with Crippen molar-refractivity contribution >= 4 is 34.6 Å². The van der Waals surface area contributed by atoms with Gasteiger partial charge in [-0.15, -0.1) is 0 Å². The molecule has 0 unspecified atom stereocenters. The summed E-state index contributed by atoms with van der Waals surface area (Å²) in [4.78, 5) is 0. The molecule has 0 aromatic heterocycles. The van der Waals surface area contributed by atoms with Crippen LogP contribution in [-0.2, 0) is 0 Å². The van der Waals surface area contributed by atoms with Crippen molar-refractivity contribution in [3.63, 3.8) is 0 Å². The topological polar surface area (TPSA) is 24.1 Å². The molecule has 0 atom stereocenters. The molecule has 2 nitrogen and oxygen atoms in total. The number of nitrogens with one attached hydrogen (secondary N) is 2. The summed E-state index contributed by atoms with van der Waals surface area (Å²) in [6, 6.07) is 5.72. The van der Waals surface area contributed by atoms with Gasteiger partial charge in [0, 0.05) is 17.3 Å². The van der Waals surface area contributed by atoms with Gasteiger partial charge in [0.15, 0.2) is 5.11 Å². The molecule has 0 amide bonds. The van der Waals surface area contributed by atoms with E-state index in [9.17, 15) is 0 Å². The van der Waals surface area contributed by atoms with Crippen LogP contribution in [0.5, 0.6) is 0 Å². The molecule has 1 aromatic carbocycles. The third kappa shape index (κ3) is 5.37. The minimum atomic E-state index is 0.673. The number of rotatable bonds is 5. The zero-order chi connectivity index (χ0) is 12.7. The summed E-state index contributed by atoms with van der Waals surface area (Å²) in [7, 11) is 0.